The van der Waals surface area contributed by atoms with Gasteiger partial charge in [-0.15, -0.1) is 0 Å². The van der Waals surface area contributed by atoms with E-state index in [1.807, 2.05) is 60.5 Å². The number of amides is 3. The lowest BCUT2D eigenvalue weighted by molar-refractivity contribution is -0.149. The van der Waals surface area contributed by atoms with Crippen molar-refractivity contribution in [2.24, 2.45) is 5.41 Å². The second-order valence-corrected chi connectivity index (χ2v) is 8.70. The molecule has 160 valence electrons. The lowest BCUT2D eigenvalue weighted by Crippen LogP contribution is -2.59. The Morgan fingerprint density at radius 1 is 0.903 bits per heavy atom. The van der Waals surface area contributed by atoms with Crippen LogP contribution in [0.15, 0.2) is 48.5 Å². The molecule has 3 heterocycles. The molecule has 0 N–H and O–H groups in total. The van der Waals surface area contributed by atoms with E-state index >= 15 is 0 Å². The van der Waals surface area contributed by atoms with E-state index in [1.165, 1.54) is 11.9 Å². The largest absolute Gasteiger partial charge is 0.497 e. The van der Waals surface area contributed by atoms with Crippen molar-refractivity contribution in [2.45, 2.75) is 17.9 Å². The van der Waals surface area contributed by atoms with Crippen molar-refractivity contribution in [3.8, 4) is 5.75 Å². The Kier molecular flexibility index (Phi) is 4.08. The Labute approximate surface area is 181 Å². The average molecular weight is 419 g/mol. The van der Waals surface area contributed by atoms with E-state index in [4.69, 9.17) is 4.74 Å². The fourth-order valence-corrected chi connectivity index (χ4v) is 6.13. The van der Waals surface area contributed by atoms with E-state index in [-0.39, 0.29) is 30.1 Å². The number of carbonyl (C=O) groups excluding carboxylic acids is 3. The molecule has 3 aliphatic rings. The van der Waals surface area contributed by atoms with Gasteiger partial charge in [-0.1, -0.05) is 30.3 Å². The van der Waals surface area contributed by atoms with E-state index in [0.717, 1.165) is 16.8 Å². The molecular weight excluding hydrogens is 394 g/mol. The van der Waals surface area contributed by atoms with Crippen LogP contribution in [-0.4, -0.2) is 62.3 Å². The number of carbonyl (C=O) groups is 3. The molecule has 0 aliphatic carbocycles. The molecule has 7 nitrogen and oxygen atoms in total. The zero-order chi connectivity index (χ0) is 22.1. The predicted molar refractivity (Wildman–Crippen MR) is 115 cm³/mol. The molecule has 3 atom stereocenters. The van der Waals surface area contributed by atoms with Gasteiger partial charge in [-0.3, -0.25) is 24.2 Å². The maximum atomic E-state index is 14.0. The number of benzene rings is 2. The van der Waals surface area contributed by atoms with Crippen LogP contribution in [0.5, 0.6) is 5.75 Å². The number of hydrogen-bond donors (Lipinski definition) is 0. The lowest BCUT2D eigenvalue weighted by Gasteiger charge is -2.42. The standard InChI is InChI=1S/C24H25N3O4/c1-25-14-18(15-9-11-16(31-4)12-10-15)23(13-20(28)27(3)21(23)29)24(25)17-7-5-6-8-19(17)26(2)22(24)30/h5-12,18H,13-14H2,1-4H3/t18-,23+,24+/m1/s1. The van der Waals surface area contributed by atoms with Gasteiger partial charge in [-0.25, -0.2) is 0 Å². The van der Waals surface area contributed by atoms with Gasteiger partial charge in [0, 0.05) is 44.2 Å². The number of ether oxygens (including phenoxy) is 1. The molecule has 0 radical (unpaired) electrons. The van der Waals surface area contributed by atoms with Crippen molar-refractivity contribution in [3.63, 3.8) is 0 Å². The van der Waals surface area contributed by atoms with E-state index in [0.29, 0.717) is 12.3 Å². The highest BCUT2D eigenvalue weighted by Gasteiger charge is 2.77. The number of likely N-dealkylation sites (N-methyl/N-ethyl adjacent to an activating group) is 2. The van der Waals surface area contributed by atoms with Crippen LogP contribution in [0.2, 0.25) is 0 Å². The Balaban J connectivity index is 1.81. The summed E-state index contributed by atoms with van der Waals surface area (Å²) in [5, 5.41) is 0. The van der Waals surface area contributed by atoms with Crippen molar-refractivity contribution in [2.75, 3.05) is 39.7 Å². The Morgan fingerprint density at radius 2 is 1.58 bits per heavy atom. The summed E-state index contributed by atoms with van der Waals surface area (Å²) in [6.07, 6.45) is -0.00269. The van der Waals surface area contributed by atoms with E-state index in [9.17, 15) is 14.4 Å². The van der Waals surface area contributed by atoms with Crippen LogP contribution < -0.4 is 9.64 Å². The third-order valence-corrected chi connectivity index (χ3v) is 7.55. The summed E-state index contributed by atoms with van der Waals surface area (Å²) in [4.78, 5) is 45.6. The maximum Gasteiger partial charge on any atom is 0.253 e. The molecule has 3 amide bonds. The van der Waals surface area contributed by atoms with E-state index < -0.39 is 11.0 Å². The van der Waals surface area contributed by atoms with Gasteiger partial charge < -0.3 is 9.64 Å². The minimum absolute atomic E-state index is 0.00269. The number of anilines is 1. The summed E-state index contributed by atoms with van der Waals surface area (Å²) in [6.45, 7) is 0.479. The zero-order valence-corrected chi connectivity index (χ0v) is 18.1. The molecule has 2 aromatic carbocycles. The molecule has 7 heteroatoms. The molecule has 2 fully saturated rings. The summed E-state index contributed by atoms with van der Waals surface area (Å²) in [5.41, 5.74) is 0.0304. The zero-order valence-electron chi connectivity index (χ0n) is 18.1. The Bertz CT molecular complexity index is 1110. The first kappa shape index (κ1) is 19.8. The second-order valence-electron chi connectivity index (χ2n) is 8.70. The second kappa shape index (κ2) is 6.40. The number of imide groups is 1. The van der Waals surface area contributed by atoms with Gasteiger partial charge in [0.15, 0.2) is 0 Å². The van der Waals surface area contributed by atoms with Crippen molar-refractivity contribution in [3.05, 3.63) is 59.7 Å². The SMILES string of the molecule is COc1ccc([C@H]2CN(C)[C@@]3(C(=O)N(C)c4ccccc43)[C@@]23CC(=O)N(C)C3=O)cc1. The third kappa shape index (κ3) is 2.14. The van der Waals surface area contributed by atoms with Gasteiger partial charge in [0.1, 0.15) is 11.3 Å². The van der Waals surface area contributed by atoms with Crippen LogP contribution in [0.3, 0.4) is 0 Å². The van der Waals surface area contributed by atoms with Gasteiger partial charge in [-0.05, 0) is 30.8 Å². The monoisotopic (exact) mass is 419 g/mol. The van der Waals surface area contributed by atoms with Crippen molar-refractivity contribution in [1.29, 1.82) is 0 Å². The maximum absolute atomic E-state index is 14.0. The van der Waals surface area contributed by atoms with Crippen molar-refractivity contribution < 1.29 is 19.1 Å². The number of likely N-dealkylation sites (tertiary alicyclic amines) is 2. The van der Waals surface area contributed by atoms with Gasteiger partial charge in [-0.2, -0.15) is 0 Å². The lowest BCUT2D eigenvalue weighted by atomic mass is 9.60. The fourth-order valence-electron chi connectivity index (χ4n) is 6.13. The van der Waals surface area contributed by atoms with Gasteiger partial charge in [0.2, 0.25) is 11.8 Å². The molecule has 5 rings (SSSR count). The molecule has 0 aromatic heterocycles. The molecule has 0 bridgehead atoms. The average Bonchev–Trinajstić information content (AvgIpc) is 3.28. The molecule has 0 saturated carbocycles. The Hall–Kier alpha value is -3.19. The highest BCUT2D eigenvalue weighted by Crippen LogP contribution is 2.66. The Morgan fingerprint density at radius 3 is 2.19 bits per heavy atom. The summed E-state index contributed by atoms with van der Waals surface area (Å²) < 4.78 is 5.30. The number of para-hydroxylation sites is 1. The first-order chi connectivity index (χ1) is 14.8. The van der Waals surface area contributed by atoms with Gasteiger partial charge in [0.25, 0.3) is 5.91 Å². The summed E-state index contributed by atoms with van der Waals surface area (Å²) in [7, 11) is 6.75. The number of hydrogen-bond acceptors (Lipinski definition) is 5. The topological polar surface area (TPSA) is 70.2 Å². The van der Waals surface area contributed by atoms with Crippen LogP contribution in [-0.2, 0) is 19.9 Å². The number of nitrogens with zero attached hydrogens (tertiary/aromatic N) is 3. The first-order valence-electron chi connectivity index (χ1n) is 10.3. The molecule has 2 spiro atoms. The minimum Gasteiger partial charge on any atom is -0.497 e. The number of rotatable bonds is 2. The highest BCUT2D eigenvalue weighted by molar-refractivity contribution is 6.16. The fraction of sp³-hybridized carbons (Fsp3) is 0.375. The van der Waals surface area contributed by atoms with Crippen LogP contribution in [0, 0.1) is 5.41 Å². The normalized spacial score (nSPS) is 30.2. The quantitative estimate of drug-likeness (QED) is 0.696. The number of fused-ring (bicyclic) bond motifs is 3. The van der Waals surface area contributed by atoms with Crippen LogP contribution in [0.4, 0.5) is 5.69 Å². The highest BCUT2D eigenvalue weighted by atomic mass is 16.5. The van der Waals surface area contributed by atoms with Gasteiger partial charge in [0.05, 0.1) is 12.5 Å². The van der Waals surface area contributed by atoms with E-state index in [2.05, 4.69) is 0 Å². The smallest absolute Gasteiger partial charge is 0.253 e. The number of methoxy groups -OCH3 is 1. The molecule has 2 saturated heterocycles. The van der Waals surface area contributed by atoms with Crippen LogP contribution >= 0.6 is 0 Å². The van der Waals surface area contributed by atoms with Crippen LogP contribution in [0.1, 0.15) is 23.5 Å². The molecule has 2 aromatic rings. The van der Waals surface area contributed by atoms with Gasteiger partial charge >= 0.3 is 0 Å². The van der Waals surface area contributed by atoms with E-state index in [1.54, 1.807) is 19.1 Å². The summed E-state index contributed by atoms with van der Waals surface area (Å²) in [5.74, 6) is -0.317. The third-order valence-electron chi connectivity index (χ3n) is 7.55. The molecule has 3 aliphatic heterocycles. The van der Waals surface area contributed by atoms with Crippen molar-refractivity contribution >= 4 is 23.4 Å². The predicted octanol–water partition coefficient (Wildman–Crippen LogP) is 1.97. The summed E-state index contributed by atoms with van der Waals surface area (Å²) >= 11 is 0. The molecule has 31 heavy (non-hydrogen) atoms. The first-order valence-corrected chi connectivity index (χ1v) is 10.3. The molecule has 0 unspecified atom stereocenters. The van der Waals surface area contributed by atoms with Crippen molar-refractivity contribution in [1.82, 2.24) is 9.80 Å². The molecular formula is C24H25N3O4. The van der Waals surface area contributed by atoms with Crippen LogP contribution in [0.25, 0.3) is 0 Å². The minimum atomic E-state index is -1.24. The summed E-state index contributed by atoms with van der Waals surface area (Å²) in [6, 6.07) is 15.2.